The van der Waals surface area contributed by atoms with Crippen LogP contribution in [0.25, 0.3) is 0 Å². The molecular formula is C14H18N2O3. The van der Waals surface area contributed by atoms with Crippen LogP contribution in [0.15, 0.2) is 18.2 Å². The Hall–Kier alpha value is -2.19. The number of benzene rings is 1. The number of anilines is 1. The molecule has 0 heterocycles. The summed E-state index contributed by atoms with van der Waals surface area (Å²) in [4.78, 5) is 13.4. The van der Waals surface area contributed by atoms with Crippen LogP contribution in [0.3, 0.4) is 0 Å². The molecule has 1 rings (SSSR count). The predicted octanol–water partition coefficient (Wildman–Crippen LogP) is 1.52. The highest BCUT2D eigenvalue weighted by atomic mass is 16.5. The lowest BCUT2D eigenvalue weighted by molar-refractivity contribution is 0.224. The molecule has 0 unspecified atom stereocenters. The number of methoxy groups -OCH3 is 1. The van der Waals surface area contributed by atoms with Crippen LogP contribution in [0.2, 0.25) is 0 Å². The second-order valence-electron chi connectivity index (χ2n) is 3.82. The van der Waals surface area contributed by atoms with Crippen molar-refractivity contribution in [3.05, 3.63) is 23.8 Å². The Labute approximate surface area is 113 Å². The molecule has 0 saturated carbocycles. The van der Waals surface area contributed by atoms with E-state index in [9.17, 15) is 4.79 Å². The average molecular weight is 262 g/mol. The van der Waals surface area contributed by atoms with Gasteiger partial charge in [-0.3, -0.25) is 0 Å². The number of carbonyl (C=O) groups excluding carboxylic acids is 1. The molecule has 1 aromatic rings. The SMILES string of the molecule is CCN(C)C(=O)Nc1cc(C#CCO)ccc1OC. The smallest absolute Gasteiger partial charge is 0.321 e. The molecule has 0 fully saturated rings. The fraction of sp³-hybridized carbons (Fsp3) is 0.357. The average Bonchev–Trinajstić information content (AvgIpc) is 2.44. The summed E-state index contributed by atoms with van der Waals surface area (Å²) in [6, 6.07) is 4.99. The van der Waals surface area contributed by atoms with Crippen LogP contribution in [0, 0.1) is 11.8 Å². The van der Waals surface area contributed by atoms with Crippen LogP contribution < -0.4 is 10.1 Å². The summed E-state index contributed by atoms with van der Waals surface area (Å²) in [6.45, 7) is 2.30. The highest BCUT2D eigenvalue weighted by Gasteiger charge is 2.10. The first-order chi connectivity index (χ1) is 9.12. The Morgan fingerprint density at radius 3 is 2.84 bits per heavy atom. The molecule has 0 aliphatic rings. The molecule has 0 spiro atoms. The summed E-state index contributed by atoms with van der Waals surface area (Å²) in [5.74, 6) is 5.90. The van der Waals surface area contributed by atoms with E-state index in [0.29, 0.717) is 23.5 Å². The first-order valence-electron chi connectivity index (χ1n) is 5.92. The molecule has 2 amide bonds. The molecule has 0 bridgehead atoms. The van der Waals surface area contributed by atoms with Crippen LogP contribution >= 0.6 is 0 Å². The highest BCUT2D eigenvalue weighted by Crippen LogP contribution is 2.25. The molecule has 5 nitrogen and oxygen atoms in total. The van der Waals surface area contributed by atoms with E-state index in [1.807, 2.05) is 6.92 Å². The van der Waals surface area contributed by atoms with Gasteiger partial charge in [0.2, 0.25) is 0 Å². The molecule has 19 heavy (non-hydrogen) atoms. The van der Waals surface area contributed by atoms with Gasteiger partial charge >= 0.3 is 6.03 Å². The van der Waals surface area contributed by atoms with Crippen molar-refractivity contribution < 1.29 is 14.6 Å². The quantitative estimate of drug-likeness (QED) is 0.812. The molecule has 1 aromatic carbocycles. The number of carbonyl (C=O) groups is 1. The third-order valence-electron chi connectivity index (χ3n) is 2.57. The van der Waals surface area contributed by atoms with Gasteiger partial charge in [-0.05, 0) is 25.1 Å². The van der Waals surface area contributed by atoms with Gasteiger partial charge in [-0.25, -0.2) is 4.79 Å². The molecule has 0 saturated heterocycles. The van der Waals surface area contributed by atoms with Gasteiger partial charge in [0.05, 0.1) is 12.8 Å². The second kappa shape index (κ2) is 7.29. The van der Waals surface area contributed by atoms with Gasteiger partial charge in [0.25, 0.3) is 0 Å². The van der Waals surface area contributed by atoms with Crippen molar-refractivity contribution in [3.63, 3.8) is 0 Å². The molecule has 0 radical (unpaired) electrons. The van der Waals surface area contributed by atoms with Crippen LogP contribution in [0.5, 0.6) is 5.75 Å². The lowest BCUT2D eigenvalue weighted by Gasteiger charge is -2.17. The fourth-order valence-corrected chi connectivity index (χ4v) is 1.38. The van der Waals surface area contributed by atoms with Crippen molar-refractivity contribution in [2.75, 3.05) is 32.6 Å². The van der Waals surface area contributed by atoms with E-state index in [4.69, 9.17) is 9.84 Å². The van der Waals surface area contributed by atoms with Crippen molar-refractivity contribution in [3.8, 4) is 17.6 Å². The molecule has 2 N–H and O–H groups in total. The third-order valence-corrected chi connectivity index (χ3v) is 2.57. The topological polar surface area (TPSA) is 61.8 Å². The zero-order chi connectivity index (χ0) is 14.3. The molecule has 0 aromatic heterocycles. The maximum atomic E-state index is 11.8. The summed E-state index contributed by atoms with van der Waals surface area (Å²) in [7, 11) is 3.24. The molecule has 0 aliphatic carbocycles. The van der Waals surface area contributed by atoms with Crippen molar-refractivity contribution in [1.29, 1.82) is 0 Å². The van der Waals surface area contributed by atoms with E-state index in [0.717, 1.165) is 0 Å². The Bertz CT molecular complexity index is 503. The zero-order valence-electron chi connectivity index (χ0n) is 11.4. The minimum Gasteiger partial charge on any atom is -0.495 e. The first-order valence-corrected chi connectivity index (χ1v) is 5.92. The molecule has 0 atom stereocenters. The van der Waals surface area contributed by atoms with E-state index in [1.165, 1.54) is 7.11 Å². The van der Waals surface area contributed by atoms with E-state index in [-0.39, 0.29) is 12.6 Å². The van der Waals surface area contributed by atoms with Crippen LogP contribution in [0.1, 0.15) is 12.5 Å². The number of rotatable bonds is 3. The van der Waals surface area contributed by atoms with Crippen molar-refractivity contribution in [1.82, 2.24) is 4.90 Å². The van der Waals surface area contributed by atoms with E-state index in [1.54, 1.807) is 30.1 Å². The normalized spacial score (nSPS) is 9.26. The van der Waals surface area contributed by atoms with Gasteiger partial charge in [0, 0.05) is 19.2 Å². The van der Waals surface area contributed by atoms with Gasteiger partial charge in [-0.2, -0.15) is 0 Å². The summed E-state index contributed by atoms with van der Waals surface area (Å²) in [6.07, 6.45) is 0. The number of nitrogens with zero attached hydrogens (tertiary/aromatic N) is 1. The summed E-state index contributed by atoms with van der Waals surface area (Å²) >= 11 is 0. The maximum Gasteiger partial charge on any atom is 0.321 e. The Kier molecular flexibility index (Phi) is 5.71. The minimum atomic E-state index is -0.215. The van der Waals surface area contributed by atoms with Gasteiger partial charge in [0.1, 0.15) is 12.4 Å². The van der Waals surface area contributed by atoms with Crippen LogP contribution in [0.4, 0.5) is 10.5 Å². The summed E-state index contributed by atoms with van der Waals surface area (Å²) < 4.78 is 5.19. The number of aliphatic hydroxyl groups is 1. The third kappa shape index (κ3) is 4.19. The number of aliphatic hydroxyl groups excluding tert-OH is 1. The standard InChI is InChI=1S/C14H18N2O3/c1-4-16(2)14(18)15-12-10-11(6-5-9-17)7-8-13(12)19-3/h7-8,10,17H,4,9H2,1-3H3,(H,15,18). The number of ether oxygens (including phenoxy) is 1. The van der Waals surface area contributed by atoms with Crippen LogP contribution in [-0.4, -0.2) is 43.3 Å². The number of hydrogen-bond donors (Lipinski definition) is 2. The Morgan fingerprint density at radius 1 is 1.53 bits per heavy atom. The van der Waals surface area contributed by atoms with Gasteiger partial charge in [-0.15, -0.1) is 0 Å². The lowest BCUT2D eigenvalue weighted by atomic mass is 10.2. The number of nitrogens with one attached hydrogen (secondary N) is 1. The van der Waals surface area contributed by atoms with Crippen molar-refractivity contribution in [2.45, 2.75) is 6.92 Å². The monoisotopic (exact) mass is 262 g/mol. The van der Waals surface area contributed by atoms with Gasteiger partial charge in [0.15, 0.2) is 0 Å². The minimum absolute atomic E-state index is 0.202. The van der Waals surface area contributed by atoms with Gasteiger partial charge in [-0.1, -0.05) is 11.8 Å². The van der Waals surface area contributed by atoms with Gasteiger partial charge < -0.3 is 20.1 Å². The lowest BCUT2D eigenvalue weighted by Crippen LogP contribution is -2.31. The Morgan fingerprint density at radius 2 is 2.26 bits per heavy atom. The molecule has 0 aliphatic heterocycles. The largest absolute Gasteiger partial charge is 0.495 e. The maximum absolute atomic E-state index is 11.8. The Balaban J connectivity index is 2.99. The van der Waals surface area contributed by atoms with E-state index < -0.39 is 0 Å². The van der Waals surface area contributed by atoms with Crippen LogP contribution in [-0.2, 0) is 0 Å². The van der Waals surface area contributed by atoms with Crippen molar-refractivity contribution in [2.24, 2.45) is 0 Å². The second-order valence-corrected chi connectivity index (χ2v) is 3.82. The summed E-state index contributed by atoms with van der Waals surface area (Å²) in [5.41, 5.74) is 1.25. The first kappa shape index (κ1) is 14.9. The summed E-state index contributed by atoms with van der Waals surface area (Å²) in [5, 5.41) is 11.4. The molecule has 102 valence electrons. The van der Waals surface area contributed by atoms with E-state index >= 15 is 0 Å². The fourth-order valence-electron chi connectivity index (χ4n) is 1.38. The number of hydrogen-bond acceptors (Lipinski definition) is 3. The molecule has 5 heteroatoms. The zero-order valence-corrected chi connectivity index (χ0v) is 11.4. The predicted molar refractivity (Wildman–Crippen MR) is 74.3 cm³/mol. The number of amides is 2. The van der Waals surface area contributed by atoms with Crippen molar-refractivity contribution >= 4 is 11.7 Å². The van der Waals surface area contributed by atoms with E-state index in [2.05, 4.69) is 17.2 Å². The number of urea groups is 1. The highest BCUT2D eigenvalue weighted by molar-refractivity contribution is 5.91. The molecular weight excluding hydrogens is 244 g/mol.